The van der Waals surface area contributed by atoms with Gasteiger partial charge in [0.15, 0.2) is 0 Å². The Kier molecular flexibility index (Phi) is 4.32. The minimum Gasteiger partial charge on any atom is -0.390 e. The van der Waals surface area contributed by atoms with Gasteiger partial charge in [0.1, 0.15) is 6.10 Å². The van der Waals surface area contributed by atoms with Crippen LogP contribution in [0.4, 0.5) is 0 Å². The van der Waals surface area contributed by atoms with E-state index >= 15 is 0 Å². The van der Waals surface area contributed by atoms with Crippen LogP contribution in [0.15, 0.2) is 40.1 Å². The van der Waals surface area contributed by atoms with Gasteiger partial charge in [0.2, 0.25) is 9.84 Å². The molecule has 110 valence electrons. The Bertz CT molecular complexity index is 599. The first-order valence-corrected chi connectivity index (χ1v) is 8.21. The molecular weight excluding hydrogens is 276 g/mol. The van der Waals surface area contributed by atoms with Gasteiger partial charge in [-0.2, -0.15) is 0 Å². The van der Waals surface area contributed by atoms with E-state index in [1.165, 1.54) is 6.08 Å². The van der Waals surface area contributed by atoms with Crippen molar-refractivity contribution in [3.8, 4) is 0 Å². The third-order valence-electron chi connectivity index (χ3n) is 3.46. The molecule has 0 saturated carbocycles. The van der Waals surface area contributed by atoms with Gasteiger partial charge >= 0.3 is 0 Å². The molecule has 0 spiro atoms. The maximum absolute atomic E-state index is 12.7. The topological polar surface area (TPSA) is 63.6 Å². The molecule has 20 heavy (non-hydrogen) atoms. The number of hydrogen-bond acceptors (Lipinski definition) is 4. The van der Waals surface area contributed by atoms with Crippen molar-refractivity contribution >= 4 is 9.84 Å². The zero-order valence-electron chi connectivity index (χ0n) is 11.9. The maximum atomic E-state index is 12.7. The van der Waals surface area contributed by atoms with Crippen molar-refractivity contribution < 1.29 is 18.3 Å². The fourth-order valence-electron chi connectivity index (χ4n) is 2.23. The summed E-state index contributed by atoms with van der Waals surface area (Å²) in [5.74, 6) is 0. The molecule has 0 saturated heterocycles. The van der Waals surface area contributed by atoms with E-state index in [0.29, 0.717) is 6.42 Å². The lowest BCUT2D eigenvalue weighted by molar-refractivity contribution is -0.0148. The summed E-state index contributed by atoms with van der Waals surface area (Å²) in [6, 6.07) is 6.76. The third-order valence-corrected chi connectivity index (χ3v) is 5.37. The summed E-state index contributed by atoms with van der Waals surface area (Å²) >= 11 is 0. The largest absolute Gasteiger partial charge is 0.390 e. The summed E-state index contributed by atoms with van der Waals surface area (Å²) < 4.78 is 30.9. The summed E-state index contributed by atoms with van der Waals surface area (Å²) in [5.41, 5.74) is 1.01. The molecule has 1 aliphatic rings. The number of benzene rings is 1. The number of hydrogen-bond donors (Lipinski definition) is 1. The van der Waals surface area contributed by atoms with E-state index in [1.807, 2.05) is 13.8 Å². The molecule has 1 heterocycles. The number of ether oxygens (including phenoxy) is 1. The minimum absolute atomic E-state index is 0.259. The van der Waals surface area contributed by atoms with Crippen molar-refractivity contribution in [2.45, 2.75) is 50.4 Å². The fraction of sp³-hybridized carbons (Fsp3) is 0.467. The maximum Gasteiger partial charge on any atom is 0.205 e. The Morgan fingerprint density at radius 3 is 2.40 bits per heavy atom. The van der Waals surface area contributed by atoms with Crippen molar-refractivity contribution in [2.75, 3.05) is 0 Å². The second-order valence-corrected chi connectivity index (χ2v) is 7.07. The fourth-order valence-corrected chi connectivity index (χ4v) is 3.88. The van der Waals surface area contributed by atoms with Gasteiger partial charge in [-0.15, -0.1) is 0 Å². The van der Waals surface area contributed by atoms with Crippen molar-refractivity contribution in [3.63, 3.8) is 0 Å². The number of rotatable bonds is 4. The summed E-state index contributed by atoms with van der Waals surface area (Å²) in [6.45, 7) is 5.37. The number of aryl methyl sites for hydroxylation is 1. The van der Waals surface area contributed by atoms with Crippen LogP contribution in [-0.2, 0) is 14.6 Å². The van der Waals surface area contributed by atoms with Crippen LogP contribution in [0, 0.1) is 6.92 Å². The summed E-state index contributed by atoms with van der Waals surface area (Å²) in [6.07, 6.45) is 0.319. The number of aliphatic hydroxyl groups is 1. The van der Waals surface area contributed by atoms with E-state index in [9.17, 15) is 13.5 Å². The van der Waals surface area contributed by atoms with E-state index in [2.05, 4.69) is 0 Å². The van der Waals surface area contributed by atoms with Crippen LogP contribution >= 0.6 is 0 Å². The monoisotopic (exact) mass is 296 g/mol. The normalized spacial score (nSPS) is 24.5. The molecule has 0 aliphatic carbocycles. The van der Waals surface area contributed by atoms with Crippen molar-refractivity contribution in [3.05, 3.63) is 40.8 Å². The lowest BCUT2D eigenvalue weighted by Gasteiger charge is -2.16. The Morgan fingerprint density at radius 1 is 1.30 bits per heavy atom. The standard InChI is InChI=1S/C15H20O4S/c1-4-13-15(9-14(19-13)11(3)16)20(17,18)12-7-5-10(2)6-8-12/h5-9,11,13-14,16H,4H2,1-3H3/t11-,13+,14+/m1/s1. The van der Waals surface area contributed by atoms with E-state index < -0.39 is 28.1 Å². The van der Waals surface area contributed by atoms with Crippen LogP contribution in [-0.4, -0.2) is 31.8 Å². The quantitative estimate of drug-likeness (QED) is 0.925. The average molecular weight is 296 g/mol. The van der Waals surface area contributed by atoms with Crippen molar-refractivity contribution in [1.82, 2.24) is 0 Å². The average Bonchev–Trinajstić information content (AvgIpc) is 2.84. The lowest BCUT2D eigenvalue weighted by atomic mass is 10.2. The van der Waals surface area contributed by atoms with Crippen LogP contribution < -0.4 is 0 Å². The molecule has 0 bridgehead atoms. The molecule has 1 aliphatic heterocycles. The Labute approximate surface area is 120 Å². The van der Waals surface area contributed by atoms with E-state index in [1.54, 1.807) is 31.2 Å². The van der Waals surface area contributed by atoms with Gasteiger partial charge in [0.05, 0.1) is 22.0 Å². The van der Waals surface area contributed by atoms with Gasteiger partial charge in [0, 0.05) is 0 Å². The first kappa shape index (κ1) is 15.2. The molecule has 1 aromatic carbocycles. The van der Waals surface area contributed by atoms with Gasteiger partial charge in [0.25, 0.3) is 0 Å². The Morgan fingerprint density at radius 2 is 1.90 bits per heavy atom. The molecule has 2 rings (SSSR count). The highest BCUT2D eigenvalue weighted by molar-refractivity contribution is 7.95. The highest BCUT2D eigenvalue weighted by atomic mass is 32.2. The van der Waals surface area contributed by atoms with E-state index in [-0.39, 0.29) is 9.80 Å². The SMILES string of the molecule is CC[C@@H]1O[C@H]([C@@H](C)O)C=C1S(=O)(=O)c1ccc(C)cc1. The molecule has 3 atom stereocenters. The molecule has 5 heteroatoms. The molecule has 4 nitrogen and oxygen atoms in total. The van der Waals surface area contributed by atoms with E-state index in [4.69, 9.17) is 4.74 Å². The summed E-state index contributed by atoms with van der Waals surface area (Å²) in [4.78, 5) is 0.525. The molecular formula is C15H20O4S. The molecule has 0 fully saturated rings. The zero-order chi connectivity index (χ0) is 14.9. The van der Waals surface area contributed by atoms with Crippen LogP contribution in [0.25, 0.3) is 0 Å². The lowest BCUT2D eigenvalue weighted by Crippen LogP contribution is -2.24. The molecule has 0 amide bonds. The Hall–Kier alpha value is -1.17. The molecule has 0 unspecified atom stereocenters. The van der Waals surface area contributed by atoms with Gasteiger partial charge in [-0.25, -0.2) is 8.42 Å². The zero-order valence-corrected chi connectivity index (χ0v) is 12.7. The van der Waals surface area contributed by atoms with E-state index in [0.717, 1.165) is 5.56 Å². The minimum atomic E-state index is -3.56. The predicted octanol–water partition coefficient (Wildman–Crippen LogP) is 2.21. The predicted molar refractivity (Wildman–Crippen MR) is 77.1 cm³/mol. The van der Waals surface area contributed by atoms with Gasteiger partial charge in [-0.1, -0.05) is 24.6 Å². The van der Waals surface area contributed by atoms with Gasteiger partial charge in [-0.3, -0.25) is 0 Å². The van der Waals surface area contributed by atoms with Crippen LogP contribution in [0.2, 0.25) is 0 Å². The molecule has 1 N–H and O–H groups in total. The third kappa shape index (κ3) is 2.80. The molecule has 0 aromatic heterocycles. The Balaban J connectivity index is 2.42. The second-order valence-electron chi connectivity index (χ2n) is 5.12. The van der Waals surface area contributed by atoms with Gasteiger partial charge in [-0.05, 0) is 38.5 Å². The van der Waals surface area contributed by atoms with Gasteiger partial charge < -0.3 is 9.84 Å². The second kappa shape index (κ2) is 5.68. The smallest absolute Gasteiger partial charge is 0.205 e. The van der Waals surface area contributed by atoms with Crippen LogP contribution in [0.1, 0.15) is 25.8 Å². The molecule has 1 aromatic rings. The number of sulfone groups is 1. The highest BCUT2D eigenvalue weighted by Crippen LogP contribution is 2.32. The summed E-state index contributed by atoms with van der Waals surface area (Å²) in [7, 11) is -3.56. The number of aliphatic hydroxyl groups excluding tert-OH is 1. The highest BCUT2D eigenvalue weighted by Gasteiger charge is 2.36. The first-order valence-electron chi connectivity index (χ1n) is 6.73. The first-order chi connectivity index (χ1) is 9.36. The van der Waals surface area contributed by atoms with Crippen molar-refractivity contribution in [1.29, 1.82) is 0 Å². The van der Waals surface area contributed by atoms with Crippen LogP contribution in [0.3, 0.4) is 0 Å². The summed E-state index contributed by atoms with van der Waals surface area (Å²) in [5, 5.41) is 9.59. The molecule has 0 radical (unpaired) electrons. The van der Waals surface area contributed by atoms with Crippen LogP contribution in [0.5, 0.6) is 0 Å². The van der Waals surface area contributed by atoms with Crippen molar-refractivity contribution in [2.24, 2.45) is 0 Å².